The van der Waals surface area contributed by atoms with Gasteiger partial charge in [-0.05, 0) is 29.9 Å². The number of carboxylic acids is 1. The molecule has 34 heavy (non-hydrogen) atoms. The second kappa shape index (κ2) is 15.3. The van der Waals surface area contributed by atoms with Crippen LogP contribution in [0, 0.1) is 5.92 Å². The highest BCUT2D eigenvalue weighted by molar-refractivity contribution is 7.98. The highest BCUT2D eigenvalue weighted by Gasteiger charge is 2.32. The van der Waals surface area contributed by atoms with Crippen LogP contribution in [0.25, 0.3) is 0 Å². The summed E-state index contributed by atoms with van der Waals surface area (Å²) in [6.45, 7) is 2.87. The summed E-state index contributed by atoms with van der Waals surface area (Å²) < 4.78 is 0. The third kappa shape index (κ3) is 9.70. The maximum atomic E-state index is 12.9. The zero-order valence-electron chi connectivity index (χ0n) is 19.8. The lowest BCUT2D eigenvalue weighted by molar-refractivity contribution is -0.142. The minimum absolute atomic E-state index is 0.0352. The number of rotatable bonds is 15. The molecule has 1 aromatic rings. The van der Waals surface area contributed by atoms with Crippen LogP contribution < -0.4 is 21.7 Å². The molecule has 1 aromatic carbocycles. The number of aliphatic hydroxyl groups excluding tert-OH is 1. The van der Waals surface area contributed by atoms with Crippen LogP contribution in [0.4, 0.5) is 0 Å². The van der Waals surface area contributed by atoms with Gasteiger partial charge in [0.05, 0.1) is 12.6 Å². The molecule has 0 fully saturated rings. The van der Waals surface area contributed by atoms with Crippen molar-refractivity contribution in [1.29, 1.82) is 0 Å². The molecule has 0 saturated heterocycles. The van der Waals surface area contributed by atoms with Crippen molar-refractivity contribution in [3.63, 3.8) is 0 Å². The Morgan fingerprint density at radius 3 is 2.15 bits per heavy atom. The molecule has 0 saturated carbocycles. The van der Waals surface area contributed by atoms with Crippen molar-refractivity contribution < 1.29 is 29.4 Å². The number of amides is 3. The summed E-state index contributed by atoms with van der Waals surface area (Å²) in [6.07, 6.45) is 2.94. The van der Waals surface area contributed by atoms with E-state index in [2.05, 4.69) is 16.0 Å². The molecule has 190 valence electrons. The van der Waals surface area contributed by atoms with E-state index in [1.54, 1.807) is 49.0 Å². The Balaban J connectivity index is 2.86. The van der Waals surface area contributed by atoms with Crippen molar-refractivity contribution in [3.05, 3.63) is 35.9 Å². The first kappa shape index (κ1) is 29.4. The largest absolute Gasteiger partial charge is 0.480 e. The molecule has 0 aromatic heterocycles. The lowest BCUT2D eigenvalue weighted by Gasteiger charge is -2.27. The number of hydrogen-bond donors (Lipinski definition) is 6. The molecule has 10 nitrogen and oxygen atoms in total. The van der Waals surface area contributed by atoms with Gasteiger partial charge in [-0.3, -0.25) is 14.4 Å². The number of benzene rings is 1. The first-order chi connectivity index (χ1) is 16.1. The van der Waals surface area contributed by atoms with Crippen molar-refractivity contribution in [2.24, 2.45) is 11.7 Å². The predicted molar refractivity (Wildman–Crippen MR) is 131 cm³/mol. The van der Waals surface area contributed by atoms with Gasteiger partial charge in [-0.15, -0.1) is 0 Å². The molecule has 5 atom stereocenters. The Bertz CT molecular complexity index is 810. The van der Waals surface area contributed by atoms with E-state index in [0.717, 1.165) is 0 Å². The van der Waals surface area contributed by atoms with E-state index in [4.69, 9.17) is 5.73 Å². The Hall–Kier alpha value is -2.63. The third-order valence-electron chi connectivity index (χ3n) is 5.48. The number of carbonyl (C=O) groups is 4. The molecule has 3 amide bonds. The molecule has 11 heteroatoms. The molecular weight excluding hydrogens is 460 g/mol. The topological polar surface area (TPSA) is 171 Å². The maximum absolute atomic E-state index is 12.9. The summed E-state index contributed by atoms with van der Waals surface area (Å²) in [7, 11) is 0. The summed E-state index contributed by atoms with van der Waals surface area (Å²) in [5, 5.41) is 26.6. The van der Waals surface area contributed by atoms with Gasteiger partial charge in [0.25, 0.3) is 0 Å². The first-order valence-electron chi connectivity index (χ1n) is 11.2. The monoisotopic (exact) mass is 496 g/mol. The van der Waals surface area contributed by atoms with Crippen LogP contribution in [-0.4, -0.2) is 76.7 Å². The average Bonchev–Trinajstić information content (AvgIpc) is 2.83. The predicted octanol–water partition coefficient (Wildman–Crippen LogP) is -0.113. The third-order valence-corrected chi connectivity index (χ3v) is 6.12. The Labute approximate surface area is 204 Å². The van der Waals surface area contributed by atoms with Crippen LogP contribution in [0.15, 0.2) is 30.3 Å². The fraction of sp³-hybridized carbons (Fsp3) is 0.565. The van der Waals surface area contributed by atoms with E-state index in [9.17, 15) is 29.4 Å². The summed E-state index contributed by atoms with van der Waals surface area (Å²) in [5.41, 5.74) is 6.60. The molecule has 0 aliphatic rings. The number of aliphatic hydroxyl groups is 1. The van der Waals surface area contributed by atoms with Gasteiger partial charge in [-0.2, -0.15) is 11.8 Å². The quantitative estimate of drug-likeness (QED) is 0.195. The van der Waals surface area contributed by atoms with Crippen LogP contribution in [0.1, 0.15) is 32.3 Å². The molecule has 1 rings (SSSR count). The highest BCUT2D eigenvalue weighted by atomic mass is 32.2. The number of nitrogens with two attached hydrogens (primary N) is 1. The smallest absolute Gasteiger partial charge is 0.326 e. The molecular formula is C23H36N4O6S. The van der Waals surface area contributed by atoms with Crippen molar-refractivity contribution in [1.82, 2.24) is 16.0 Å². The molecule has 0 spiro atoms. The van der Waals surface area contributed by atoms with E-state index >= 15 is 0 Å². The van der Waals surface area contributed by atoms with E-state index in [0.29, 0.717) is 24.2 Å². The number of nitrogens with one attached hydrogen (secondary N) is 3. The summed E-state index contributed by atoms with van der Waals surface area (Å²) in [4.78, 5) is 49.7. The van der Waals surface area contributed by atoms with Gasteiger partial charge in [-0.25, -0.2) is 4.79 Å². The minimum Gasteiger partial charge on any atom is -0.480 e. The van der Waals surface area contributed by atoms with Crippen molar-refractivity contribution in [3.8, 4) is 0 Å². The number of carboxylic acid groups (broad SMARTS) is 1. The van der Waals surface area contributed by atoms with Gasteiger partial charge >= 0.3 is 5.97 Å². The van der Waals surface area contributed by atoms with Crippen LogP contribution in [0.3, 0.4) is 0 Å². The standard InChI is InChI=1S/C23H36N4O6S/c1-4-14(2)19(27-20(29)16(24)10-11-34-3)22(31)26-18(13-28)21(30)25-17(23(32)33)12-15-8-6-5-7-9-15/h5-9,14,16-19,28H,4,10-13,24H2,1-3H3,(H,25,30)(H,26,31)(H,27,29)(H,32,33). The van der Waals surface area contributed by atoms with E-state index in [-0.39, 0.29) is 12.3 Å². The van der Waals surface area contributed by atoms with Crippen molar-refractivity contribution >= 4 is 35.5 Å². The second-order valence-corrected chi connectivity index (χ2v) is 9.08. The molecule has 0 aliphatic carbocycles. The highest BCUT2D eigenvalue weighted by Crippen LogP contribution is 2.10. The van der Waals surface area contributed by atoms with Crippen LogP contribution in [0.2, 0.25) is 0 Å². The van der Waals surface area contributed by atoms with Gasteiger partial charge in [0, 0.05) is 6.42 Å². The maximum Gasteiger partial charge on any atom is 0.326 e. The molecule has 7 N–H and O–H groups in total. The second-order valence-electron chi connectivity index (χ2n) is 8.09. The van der Waals surface area contributed by atoms with E-state index in [1.807, 2.05) is 13.2 Å². The Morgan fingerprint density at radius 1 is 1.00 bits per heavy atom. The van der Waals surface area contributed by atoms with E-state index in [1.165, 1.54) is 0 Å². The molecule has 0 aliphatic heterocycles. The fourth-order valence-electron chi connectivity index (χ4n) is 3.12. The molecule has 0 bridgehead atoms. The van der Waals surface area contributed by atoms with Gasteiger partial charge < -0.3 is 31.9 Å². The number of thioether (sulfide) groups is 1. The summed E-state index contributed by atoms with van der Waals surface area (Å²) >= 11 is 1.55. The number of carbonyl (C=O) groups excluding carboxylic acids is 3. The number of hydrogen-bond acceptors (Lipinski definition) is 7. The van der Waals surface area contributed by atoms with Crippen LogP contribution >= 0.6 is 11.8 Å². The molecule has 0 radical (unpaired) electrons. The lowest BCUT2D eigenvalue weighted by atomic mass is 9.97. The number of aliphatic carboxylic acids is 1. The zero-order chi connectivity index (χ0) is 25.7. The summed E-state index contributed by atoms with van der Waals surface area (Å²) in [5.74, 6) is -2.81. The van der Waals surface area contributed by atoms with Crippen molar-refractivity contribution in [2.45, 2.75) is 57.3 Å². The zero-order valence-corrected chi connectivity index (χ0v) is 20.6. The van der Waals surface area contributed by atoms with Gasteiger partial charge in [0.1, 0.15) is 18.1 Å². The van der Waals surface area contributed by atoms with E-state index < -0.39 is 54.5 Å². The van der Waals surface area contributed by atoms with Crippen LogP contribution in [0.5, 0.6) is 0 Å². The Morgan fingerprint density at radius 2 is 1.62 bits per heavy atom. The SMILES string of the molecule is CCC(C)C(NC(=O)C(N)CCSC)C(=O)NC(CO)C(=O)NC(Cc1ccccc1)C(=O)O. The minimum atomic E-state index is -1.39. The molecule has 5 unspecified atom stereocenters. The lowest BCUT2D eigenvalue weighted by Crippen LogP contribution is -2.59. The fourth-order valence-corrected chi connectivity index (χ4v) is 3.61. The summed E-state index contributed by atoms with van der Waals surface area (Å²) in [6, 6.07) is 4.37. The average molecular weight is 497 g/mol. The van der Waals surface area contributed by atoms with Gasteiger partial charge in [-0.1, -0.05) is 50.6 Å². The Kier molecular flexibility index (Phi) is 13.2. The van der Waals surface area contributed by atoms with Crippen molar-refractivity contribution in [2.75, 3.05) is 18.6 Å². The molecule has 0 heterocycles. The van der Waals surface area contributed by atoms with Gasteiger partial charge in [0.2, 0.25) is 17.7 Å². The van der Waals surface area contributed by atoms with Gasteiger partial charge in [0.15, 0.2) is 0 Å². The normalized spacial score (nSPS) is 15.3. The first-order valence-corrected chi connectivity index (χ1v) is 12.6. The van der Waals surface area contributed by atoms with Crippen LogP contribution in [-0.2, 0) is 25.6 Å².